The van der Waals surface area contributed by atoms with Crippen molar-refractivity contribution in [1.29, 1.82) is 0 Å². The number of hydrogen-bond acceptors (Lipinski definition) is 7. The van der Waals surface area contributed by atoms with Crippen LogP contribution in [0.25, 0.3) is 21.7 Å². The van der Waals surface area contributed by atoms with Crippen molar-refractivity contribution in [2.75, 3.05) is 25.5 Å². The van der Waals surface area contributed by atoms with Gasteiger partial charge in [0.2, 0.25) is 5.13 Å². The summed E-state index contributed by atoms with van der Waals surface area (Å²) in [5.74, 6) is 0.205. The van der Waals surface area contributed by atoms with Crippen molar-refractivity contribution in [3.05, 3.63) is 30.6 Å². The minimum absolute atomic E-state index is 0.205. The van der Waals surface area contributed by atoms with Crippen LogP contribution in [0.15, 0.2) is 30.6 Å². The van der Waals surface area contributed by atoms with Gasteiger partial charge < -0.3 is 14.9 Å². The number of anilines is 1. The second-order valence-electron chi connectivity index (χ2n) is 9.45. The average molecular weight is 425 g/mol. The largest absolute Gasteiger partial charge is 0.507 e. The molecule has 1 aromatic carbocycles. The van der Waals surface area contributed by atoms with E-state index in [1.807, 2.05) is 18.3 Å². The summed E-state index contributed by atoms with van der Waals surface area (Å²) in [5.41, 5.74) is 3.07. The van der Waals surface area contributed by atoms with Gasteiger partial charge in [-0.2, -0.15) is 5.10 Å². The van der Waals surface area contributed by atoms with E-state index in [-0.39, 0.29) is 16.7 Å². The smallest absolute Gasteiger partial charge is 0.208 e. The van der Waals surface area contributed by atoms with E-state index in [2.05, 4.69) is 58.1 Å². The maximum atomic E-state index is 10.6. The standard InChI is InChI=1S/C22H28N6OS/c1-21-7-8-22(2,27(3)13-21)10-18(21)28(4)20-26-25-19(30-20)16-6-5-14(9-17(16)29)15-11-23-24-12-15/h5-6,9,11-12,18,29H,7-8,10,13H2,1-4H3,(H,23,24)/t18-,21+,22+/m0/s1. The fourth-order valence-corrected chi connectivity index (χ4v) is 6.15. The predicted molar refractivity (Wildman–Crippen MR) is 120 cm³/mol. The first kappa shape index (κ1) is 19.5. The number of fused-ring (bicyclic) bond motifs is 3. The van der Waals surface area contributed by atoms with Crippen LogP contribution in [0.1, 0.15) is 33.1 Å². The van der Waals surface area contributed by atoms with Crippen molar-refractivity contribution < 1.29 is 5.11 Å². The summed E-state index contributed by atoms with van der Waals surface area (Å²) >= 11 is 1.54. The van der Waals surface area contributed by atoms with Gasteiger partial charge in [-0.05, 0) is 50.9 Å². The van der Waals surface area contributed by atoms with E-state index in [1.165, 1.54) is 12.8 Å². The number of hydrogen-bond donors (Lipinski definition) is 2. The average Bonchev–Trinajstić information content (AvgIpc) is 3.41. The lowest BCUT2D eigenvalue weighted by Gasteiger charge is -2.62. The van der Waals surface area contributed by atoms with Gasteiger partial charge >= 0.3 is 0 Å². The molecule has 7 nitrogen and oxygen atoms in total. The SMILES string of the molecule is CN(c1nnc(-c2ccc(-c3cn[nH]c3)cc2O)s1)[C@H]1C[C@@]2(C)CC[C@]1(C)CN2C. The molecule has 3 fully saturated rings. The number of nitrogens with zero attached hydrogens (tertiary/aromatic N) is 5. The fourth-order valence-electron chi connectivity index (χ4n) is 5.26. The minimum Gasteiger partial charge on any atom is -0.507 e. The summed E-state index contributed by atoms with van der Waals surface area (Å²) in [6, 6.07) is 6.07. The maximum Gasteiger partial charge on any atom is 0.208 e. The van der Waals surface area contributed by atoms with Gasteiger partial charge in [-0.1, -0.05) is 24.3 Å². The molecule has 0 radical (unpaired) electrons. The lowest BCUT2D eigenvalue weighted by atomic mass is 9.60. The Kier molecular flexibility index (Phi) is 4.41. The van der Waals surface area contributed by atoms with E-state index in [1.54, 1.807) is 23.6 Å². The van der Waals surface area contributed by atoms with E-state index in [9.17, 15) is 5.11 Å². The molecule has 2 N–H and O–H groups in total. The molecule has 4 heterocycles. The summed E-state index contributed by atoms with van der Waals surface area (Å²) in [6.07, 6.45) is 7.18. The lowest BCUT2D eigenvalue weighted by Crippen LogP contribution is -2.67. The third-order valence-electron chi connectivity index (χ3n) is 7.44. The van der Waals surface area contributed by atoms with E-state index in [0.717, 1.165) is 34.2 Å². The fraction of sp³-hybridized carbons (Fsp3) is 0.500. The number of benzene rings is 1. The quantitative estimate of drug-likeness (QED) is 0.659. The van der Waals surface area contributed by atoms with Gasteiger partial charge in [-0.3, -0.25) is 5.10 Å². The molecule has 3 atom stereocenters. The number of H-pyrrole nitrogens is 1. The van der Waals surface area contributed by atoms with E-state index in [4.69, 9.17) is 0 Å². The molecule has 0 spiro atoms. The molecule has 6 rings (SSSR count). The monoisotopic (exact) mass is 424 g/mol. The molecule has 3 aromatic rings. The minimum atomic E-state index is 0.205. The second kappa shape index (κ2) is 6.78. The van der Waals surface area contributed by atoms with Crippen molar-refractivity contribution in [3.63, 3.8) is 0 Å². The van der Waals surface area contributed by atoms with Crippen LogP contribution in [0.4, 0.5) is 5.13 Å². The summed E-state index contributed by atoms with van der Waals surface area (Å²) in [4.78, 5) is 4.86. The van der Waals surface area contributed by atoms with Crippen LogP contribution in [0.3, 0.4) is 0 Å². The van der Waals surface area contributed by atoms with E-state index in [0.29, 0.717) is 11.6 Å². The Morgan fingerprint density at radius 3 is 2.77 bits per heavy atom. The highest BCUT2D eigenvalue weighted by Gasteiger charge is 2.54. The first-order chi connectivity index (χ1) is 14.3. The van der Waals surface area contributed by atoms with Crippen molar-refractivity contribution >= 4 is 16.5 Å². The first-order valence-electron chi connectivity index (χ1n) is 10.4. The van der Waals surface area contributed by atoms with Crippen LogP contribution < -0.4 is 4.90 Å². The maximum absolute atomic E-state index is 10.6. The molecule has 8 heteroatoms. The van der Waals surface area contributed by atoms with Gasteiger partial charge in [0.15, 0.2) is 5.01 Å². The van der Waals surface area contributed by atoms with Crippen molar-refractivity contribution in [2.24, 2.45) is 5.41 Å². The Bertz CT molecular complexity index is 1070. The van der Waals surface area contributed by atoms with E-state index >= 15 is 0 Å². The summed E-state index contributed by atoms with van der Waals surface area (Å²) in [7, 11) is 4.40. The molecule has 0 unspecified atom stereocenters. The van der Waals surface area contributed by atoms with Gasteiger partial charge in [0, 0.05) is 42.3 Å². The number of nitrogens with one attached hydrogen (secondary N) is 1. The topological polar surface area (TPSA) is 81.2 Å². The molecule has 2 saturated heterocycles. The van der Waals surface area contributed by atoms with Gasteiger partial charge in [-0.25, -0.2) is 0 Å². The Morgan fingerprint density at radius 2 is 2.07 bits per heavy atom. The zero-order valence-corrected chi connectivity index (χ0v) is 18.7. The number of aromatic hydroxyl groups is 1. The highest BCUT2D eigenvalue weighted by atomic mass is 32.1. The number of aromatic amines is 1. The molecule has 2 bridgehead atoms. The summed E-state index contributed by atoms with van der Waals surface area (Å²) < 4.78 is 0. The predicted octanol–water partition coefficient (Wildman–Crippen LogP) is 4.00. The van der Waals surface area contributed by atoms with Gasteiger partial charge in [0.1, 0.15) is 5.75 Å². The zero-order valence-electron chi connectivity index (χ0n) is 17.9. The van der Waals surface area contributed by atoms with Gasteiger partial charge in [0.05, 0.1) is 11.8 Å². The Labute approximate surface area is 180 Å². The third kappa shape index (κ3) is 3.01. The van der Waals surface area contributed by atoms with Crippen LogP contribution in [0, 0.1) is 5.41 Å². The van der Waals surface area contributed by atoms with Gasteiger partial charge in [0.25, 0.3) is 0 Å². The molecule has 30 heavy (non-hydrogen) atoms. The van der Waals surface area contributed by atoms with Crippen molar-refractivity contribution in [1.82, 2.24) is 25.3 Å². The van der Waals surface area contributed by atoms with Crippen LogP contribution in [0.2, 0.25) is 0 Å². The number of phenolic OH excluding ortho intramolecular Hbond substituents is 1. The number of rotatable bonds is 4. The molecule has 0 amide bonds. The third-order valence-corrected chi connectivity index (χ3v) is 8.48. The van der Waals surface area contributed by atoms with Crippen LogP contribution >= 0.6 is 11.3 Å². The second-order valence-corrected chi connectivity index (χ2v) is 10.4. The highest BCUT2D eigenvalue weighted by Crippen LogP contribution is 2.52. The molecule has 1 saturated carbocycles. The number of aromatic nitrogens is 4. The van der Waals surface area contributed by atoms with Gasteiger partial charge in [-0.15, -0.1) is 10.2 Å². The Morgan fingerprint density at radius 1 is 1.23 bits per heavy atom. The number of piperidine rings is 2. The molecule has 1 aliphatic carbocycles. The first-order valence-corrected chi connectivity index (χ1v) is 11.2. The molecular formula is C22H28N6OS. The zero-order chi connectivity index (χ0) is 21.1. The van der Waals surface area contributed by atoms with Crippen LogP contribution in [0.5, 0.6) is 5.75 Å². The van der Waals surface area contributed by atoms with E-state index < -0.39 is 0 Å². The molecule has 2 aromatic heterocycles. The van der Waals surface area contributed by atoms with Crippen molar-refractivity contribution in [2.45, 2.75) is 44.7 Å². The summed E-state index contributed by atoms with van der Waals surface area (Å²) in [5, 5.41) is 27.9. The summed E-state index contributed by atoms with van der Waals surface area (Å²) in [6.45, 7) is 5.91. The molecule has 2 aliphatic heterocycles. The molecular weight excluding hydrogens is 396 g/mol. The normalized spacial score (nSPS) is 28.7. The lowest BCUT2D eigenvalue weighted by molar-refractivity contribution is -0.0675. The Balaban J connectivity index is 1.41. The molecule has 3 aliphatic rings. The Hall–Kier alpha value is -2.45. The van der Waals surface area contributed by atoms with Crippen molar-refractivity contribution in [3.8, 4) is 27.4 Å². The van der Waals surface area contributed by atoms with Crippen LogP contribution in [-0.4, -0.2) is 62.6 Å². The highest BCUT2D eigenvalue weighted by molar-refractivity contribution is 7.18. The molecule has 158 valence electrons. The van der Waals surface area contributed by atoms with Crippen LogP contribution in [-0.2, 0) is 0 Å². The number of phenols is 1.